The lowest BCUT2D eigenvalue weighted by Gasteiger charge is -2.23. The Hall–Kier alpha value is 0.534. The summed E-state index contributed by atoms with van der Waals surface area (Å²) in [7, 11) is -2.81. The van der Waals surface area contributed by atoms with Crippen molar-refractivity contribution in [2.75, 3.05) is 13.2 Å². The molecule has 21 heavy (non-hydrogen) atoms. The molecule has 0 aliphatic carbocycles. The van der Waals surface area contributed by atoms with E-state index in [1.165, 1.54) is 19.0 Å². The standard InChI is InChI=1S/C15H29BrO2SSi2/c1-9-17-13(18-10-2)11-12(16)15(21(6,7)8)19-14(11)20(3,4)5/h13H,9-10H2,1-8H3. The highest BCUT2D eigenvalue weighted by atomic mass is 79.9. The Bertz CT molecular complexity index is 469. The number of rotatable bonds is 7. The summed E-state index contributed by atoms with van der Waals surface area (Å²) >= 11 is 5.87. The van der Waals surface area contributed by atoms with Gasteiger partial charge in [0, 0.05) is 27.8 Å². The maximum Gasteiger partial charge on any atom is 0.185 e. The highest BCUT2D eigenvalue weighted by molar-refractivity contribution is 9.10. The molecule has 0 saturated carbocycles. The first-order chi connectivity index (χ1) is 9.54. The molecule has 0 unspecified atom stereocenters. The molecule has 0 radical (unpaired) electrons. The van der Waals surface area contributed by atoms with Crippen molar-refractivity contribution in [3.63, 3.8) is 0 Å². The average molecular weight is 410 g/mol. The van der Waals surface area contributed by atoms with Gasteiger partial charge in [0.25, 0.3) is 0 Å². The molecule has 1 rings (SSSR count). The van der Waals surface area contributed by atoms with Gasteiger partial charge in [-0.1, -0.05) is 39.3 Å². The Morgan fingerprint density at radius 1 is 0.905 bits per heavy atom. The minimum atomic E-state index is -1.44. The van der Waals surface area contributed by atoms with Crippen molar-refractivity contribution in [2.45, 2.75) is 59.4 Å². The lowest BCUT2D eigenvalue weighted by atomic mass is 10.3. The van der Waals surface area contributed by atoms with Gasteiger partial charge in [-0.05, 0) is 34.3 Å². The normalized spacial score (nSPS) is 13.2. The molecule has 0 atom stereocenters. The van der Waals surface area contributed by atoms with E-state index >= 15 is 0 Å². The molecule has 2 nitrogen and oxygen atoms in total. The highest BCUT2D eigenvalue weighted by Gasteiger charge is 2.35. The third kappa shape index (κ3) is 4.75. The quantitative estimate of drug-likeness (QED) is 0.481. The molecule has 0 amide bonds. The van der Waals surface area contributed by atoms with Crippen LogP contribution in [0.2, 0.25) is 39.3 Å². The van der Waals surface area contributed by atoms with Crippen LogP contribution in [0.4, 0.5) is 0 Å². The molecule has 0 spiro atoms. The topological polar surface area (TPSA) is 18.5 Å². The largest absolute Gasteiger partial charge is 0.349 e. The van der Waals surface area contributed by atoms with Gasteiger partial charge in [0.15, 0.2) is 6.29 Å². The number of thiophene rings is 1. The Kier molecular flexibility index (Phi) is 6.90. The molecule has 1 aromatic heterocycles. The first-order valence-electron chi connectivity index (χ1n) is 7.60. The fraction of sp³-hybridized carbons (Fsp3) is 0.733. The molecule has 1 heterocycles. The maximum absolute atomic E-state index is 5.90. The summed E-state index contributed by atoms with van der Waals surface area (Å²) in [5.41, 5.74) is 1.26. The number of halogens is 1. The molecule has 1 aromatic rings. The van der Waals surface area contributed by atoms with Crippen LogP contribution in [0, 0.1) is 0 Å². The predicted molar refractivity (Wildman–Crippen MR) is 104 cm³/mol. The van der Waals surface area contributed by atoms with Crippen LogP contribution in [0.5, 0.6) is 0 Å². The van der Waals surface area contributed by atoms with Crippen LogP contribution in [0.1, 0.15) is 25.7 Å². The van der Waals surface area contributed by atoms with Gasteiger partial charge in [0.05, 0.1) is 16.1 Å². The van der Waals surface area contributed by atoms with E-state index in [0.29, 0.717) is 13.2 Å². The molecular weight excluding hydrogens is 380 g/mol. The third-order valence-electron chi connectivity index (χ3n) is 3.12. The van der Waals surface area contributed by atoms with Crippen LogP contribution in [0.3, 0.4) is 0 Å². The Balaban J connectivity index is 3.49. The minimum absolute atomic E-state index is 0.238. The summed E-state index contributed by atoms with van der Waals surface area (Å²) in [5.74, 6) is 0. The summed E-state index contributed by atoms with van der Waals surface area (Å²) in [6, 6.07) is 0. The van der Waals surface area contributed by atoms with Crippen molar-refractivity contribution in [1.29, 1.82) is 0 Å². The minimum Gasteiger partial charge on any atom is -0.349 e. The molecule has 0 aromatic carbocycles. The lowest BCUT2D eigenvalue weighted by Crippen LogP contribution is -2.39. The molecule has 6 heteroatoms. The van der Waals surface area contributed by atoms with Gasteiger partial charge in [-0.25, -0.2) is 0 Å². The third-order valence-corrected chi connectivity index (χ3v) is 12.9. The molecule has 0 N–H and O–H groups in total. The van der Waals surface area contributed by atoms with Crippen molar-refractivity contribution in [3.05, 3.63) is 10.0 Å². The molecule has 0 fully saturated rings. The zero-order chi connectivity index (χ0) is 16.4. The van der Waals surface area contributed by atoms with E-state index < -0.39 is 16.1 Å². The van der Waals surface area contributed by atoms with Gasteiger partial charge in [0.2, 0.25) is 0 Å². The van der Waals surface area contributed by atoms with Crippen LogP contribution < -0.4 is 9.00 Å². The van der Waals surface area contributed by atoms with Crippen LogP contribution in [-0.4, -0.2) is 29.4 Å². The van der Waals surface area contributed by atoms with Crippen molar-refractivity contribution in [1.82, 2.24) is 0 Å². The molecule has 0 aliphatic heterocycles. The van der Waals surface area contributed by atoms with Crippen molar-refractivity contribution >= 4 is 52.4 Å². The first kappa shape index (κ1) is 19.6. The molecular formula is C15H29BrO2SSi2. The second-order valence-electron chi connectivity index (χ2n) is 7.23. The van der Waals surface area contributed by atoms with Gasteiger partial charge >= 0.3 is 0 Å². The van der Waals surface area contributed by atoms with Gasteiger partial charge in [-0.15, -0.1) is 0 Å². The number of ether oxygens (including phenoxy) is 2. The van der Waals surface area contributed by atoms with Crippen LogP contribution in [-0.2, 0) is 9.47 Å². The van der Waals surface area contributed by atoms with E-state index in [1.54, 1.807) is 0 Å². The van der Waals surface area contributed by atoms with E-state index in [9.17, 15) is 0 Å². The zero-order valence-electron chi connectivity index (χ0n) is 14.6. The molecule has 122 valence electrons. The van der Waals surface area contributed by atoms with E-state index in [4.69, 9.17) is 9.47 Å². The van der Waals surface area contributed by atoms with E-state index in [0.717, 1.165) is 0 Å². The maximum atomic E-state index is 5.90. The first-order valence-corrected chi connectivity index (χ1v) is 16.2. The van der Waals surface area contributed by atoms with Crippen LogP contribution in [0.25, 0.3) is 0 Å². The Morgan fingerprint density at radius 2 is 1.33 bits per heavy atom. The van der Waals surface area contributed by atoms with Gasteiger partial charge < -0.3 is 9.47 Å². The number of hydrogen-bond donors (Lipinski definition) is 0. The van der Waals surface area contributed by atoms with Gasteiger partial charge in [-0.3, -0.25) is 0 Å². The molecule has 0 saturated heterocycles. The summed E-state index contributed by atoms with van der Waals surface area (Å²) in [5, 5.41) is 0. The van der Waals surface area contributed by atoms with Crippen LogP contribution >= 0.6 is 27.3 Å². The van der Waals surface area contributed by atoms with Crippen molar-refractivity contribution in [2.24, 2.45) is 0 Å². The fourth-order valence-corrected chi connectivity index (χ4v) is 10.8. The summed E-state index contributed by atoms with van der Waals surface area (Å²) < 4.78 is 16.1. The monoisotopic (exact) mass is 408 g/mol. The van der Waals surface area contributed by atoms with Gasteiger partial charge in [0.1, 0.15) is 0 Å². The van der Waals surface area contributed by atoms with Crippen LogP contribution in [0.15, 0.2) is 4.47 Å². The second-order valence-corrected chi connectivity index (χ2v) is 19.8. The highest BCUT2D eigenvalue weighted by Crippen LogP contribution is 2.32. The van der Waals surface area contributed by atoms with Crippen molar-refractivity contribution in [3.8, 4) is 0 Å². The zero-order valence-corrected chi connectivity index (χ0v) is 19.0. The van der Waals surface area contributed by atoms with E-state index in [1.807, 2.05) is 25.2 Å². The fourth-order valence-electron chi connectivity index (χ4n) is 2.19. The Labute approximate surface area is 144 Å². The summed E-state index contributed by atoms with van der Waals surface area (Å²) in [6.45, 7) is 19.8. The molecule has 0 aliphatic rings. The average Bonchev–Trinajstić information content (AvgIpc) is 2.66. The van der Waals surface area contributed by atoms with Crippen molar-refractivity contribution < 1.29 is 9.47 Å². The second kappa shape index (κ2) is 7.40. The summed E-state index contributed by atoms with van der Waals surface area (Å²) in [4.78, 5) is 0. The summed E-state index contributed by atoms with van der Waals surface area (Å²) in [6.07, 6.45) is -0.238. The Morgan fingerprint density at radius 3 is 1.67 bits per heavy atom. The number of hydrogen-bond acceptors (Lipinski definition) is 3. The van der Waals surface area contributed by atoms with Gasteiger partial charge in [-0.2, -0.15) is 11.3 Å². The lowest BCUT2D eigenvalue weighted by molar-refractivity contribution is -0.139. The molecule has 0 bridgehead atoms. The van der Waals surface area contributed by atoms with E-state index in [2.05, 4.69) is 55.2 Å². The SMILES string of the molecule is CCOC(OCC)c1c([Si](C)(C)C)sc([Si](C)(C)C)c1Br. The smallest absolute Gasteiger partial charge is 0.185 e. The predicted octanol–water partition coefficient (Wildman–Crippen LogP) is 4.67. The van der Waals surface area contributed by atoms with E-state index in [-0.39, 0.29) is 6.29 Å².